The minimum atomic E-state index is -0.715. The van der Waals surface area contributed by atoms with Gasteiger partial charge in [-0.25, -0.2) is 13.9 Å². The monoisotopic (exact) mass is 346 g/mol. The lowest BCUT2D eigenvalue weighted by molar-refractivity contribution is -0.142. The topological polar surface area (TPSA) is 70.7 Å². The van der Waals surface area contributed by atoms with Crippen LogP contribution in [0.15, 0.2) is 30.5 Å². The van der Waals surface area contributed by atoms with Gasteiger partial charge in [-0.3, -0.25) is 4.79 Å². The lowest BCUT2D eigenvalue weighted by atomic mass is 9.98. The molecule has 8 heteroatoms. The normalized spacial score (nSPS) is 16.0. The molecular formula is C16H15FN4O2S. The van der Waals surface area contributed by atoms with Crippen molar-refractivity contribution < 1.29 is 14.3 Å². The van der Waals surface area contributed by atoms with E-state index in [-0.39, 0.29) is 11.7 Å². The number of carbonyl (C=O) groups is 1. The molecule has 1 fully saturated rings. The van der Waals surface area contributed by atoms with E-state index in [0.717, 1.165) is 21.3 Å². The summed E-state index contributed by atoms with van der Waals surface area (Å²) >= 11 is 1.48. The average molecular weight is 346 g/mol. The summed E-state index contributed by atoms with van der Waals surface area (Å²) in [5, 5.41) is 14.5. The number of hydrogen-bond donors (Lipinski definition) is 1. The van der Waals surface area contributed by atoms with Crippen molar-refractivity contribution in [3.8, 4) is 11.3 Å². The molecule has 0 bridgehead atoms. The van der Waals surface area contributed by atoms with Gasteiger partial charge in [-0.05, 0) is 37.1 Å². The number of benzene rings is 1. The van der Waals surface area contributed by atoms with Gasteiger partial charge in [0.1, 0.15) is 5.82 Å². The van der Waals surface area contributed by atoms with Gasteiger partial charge >= 0.3 is 5.97 Å². The van der Waals surface area contributed by atoms with Crippen LogP contribution in [-0.2, 0) is 4.79 Å². The van der Waals surface area contributed by atoms with Gasteiger partial charge in [-0.15, -0.1) is 5.10 Å². The third-order valence-corrected chi connectivity index (χ3v) is 5.27. The van der Waals surface area contributed by atoms with Gasteiger partial charge in [0.05, 0.1) is 17.8 Å². The number of rotatable bonds is 3. The van der Waals surface area contributed by atoms with Gasteiger partial charge < -0.3 is 10.0 Å². The number of carboxylic acid groups (broad SMARTS) is 1. The maximum absolute atomic E-state index is 13.0. The zero-order valence-corrected chi connectivity index (χ0v) is 13.5. The molecule has 3 aromatic rings. The fourth-order valence-electron chi connectivity index (χ4n) is 2.89. The Bertz CT molecular complexity index is 850. The lowest BCUT2D eigenvalue weighted by Crippen LogP contribution is -2.36. The van der Waals surface area contributed by atoms with E-state index >= 15 is 0 Å². The number of aliphatic carboxylic acids is 1. The number of nitrogens with zero attached hydrogens (tertiary/aromatic N) is 4. The Hall–Kier alpha value is -2.48. The van der Waals surface area contributed by atoms with Gasteiger partial charge in [0.2, 0.25) is 10.1 Å². The highest BCUT2D eigenvalue weighted by atomic mass is 32.1. The largest absolute Gasteiger partial charge is 0.481 e. The highest BCUT2D eigenvalue weighted by Gasteiger charge is 2.26. The van der Waals surface area contributed by atoms with Crippen LogP contribution in [0, 0.1) is 11.7 Å². The second kappa shape index (κ2) is 5.86. The smallest absolute Gasteiger partial charge is 0.306 e. The van der Waals surface area contributed by atoms with Crippen molar-refractivity contribution in [1.82, 2.24) is 14.6 Å². The van der Waals surface area contributed by atoms with Crippen molar-refractivity contribution in [3.63, 3.8) is 0 Å². The first-order chi connectivity index (χ1) is 11.6. The number of carboxylic acids is 1. The third kappa shape index (κ3) is 2.73. The molecule has 0 atom stereocenters. The number of aromatic nitrogens is 3. The Morgan fingerprint density at radius 1 is 1.25 bits per heavy atom. The van der Waals surface area contributed by atoms with E-state index in [4.69, 9.17) is 5.11 Å². The first kappa shape index (κ1) is 15.1. The number of fused-ring (bicyclic) bond motifs is 1. The second-order valence-corrected chi connectivity index (χ2v) is 6.78. The molecule has 24 heavy (non-hydrogen) atoms. The Balaban J connectivity index is 1.54. The molecule has 4 rings (SSSR count). The van der Waals surface area contributed by atoms with E-state index in [9.17, 15) is 9.18 Å². The summed E-state index contributed by atoms with van der Waals surface area (Å²) in [5.74, 6) is -1.24. The van der Waals surface area contributed by atoms with Crippen LogP contribution in [0.4, 0.5) is 9.52 Å². The minimum Gasteiger partial charge on any atom is -0.481 e. The van der Waals surface area contributed by atoms with Crippen LogP contribution in [0.5, 0.6) is 0 Å². The Morgan fingerprint density at radius 3 is 2.58 bits per heavy atom. The molecular weight excluding hydrogens is 331 g/mol. The molecule has 0 amide bonds. The summed E-state index contributed by atoms with van der Waals surface area (Å²) in [4.78, 5) is 18.4. The number of piperidine rings is 1. The van der Waals surface area contributed by atoms with E-state index in [1.807, 2.05) is 6.20 Å². The molecule has 3 heterocycles. The Kier molecular flexibility index (Phi) is 3.68. The van der Waals surface area contributed by atoms with Crippen LogP contribution in [-0.4, -0.2) is 38.8 Å². The van der Waals surface area contributed by atoms with E-state index < -0.39 is 5.97 Å². The van der Waals surface area contributed by atoms with Gasteiger partial charge in [-0.2, -0.15) is 0 Å². The molecule has 1 aliphatic heterocycles. The molecule has 2 aromatic heterocycles. The van der Waals surface area contributed by atoms with Crippen LogP contribution in [0.2, 0.25) is 0 Å². The molecule has 6 nitrogen and oxygen atoms in total. The highest BCUT2D eigenvalue weighted by molar-refractivity contribution is 7.20. The molecule has 1 N–H and O–H groups in total. The van der Waals surface area contributed by atoms with Gasteiger partial charge in [-0.1, -0.05) is 11.3 Å². The third-order valence-electron chi connectivity index (χ3n) is 4.29. The molecule has 0 radical (unpaired) electrons. The van der Waals surface area contributed by atoms with Crippen molar-refractivity contribution in [2.24, 2.45) is 5.92 Å². The highest BCUT2D eigenvalue weighted by Crippen LogP contribution is 2.29. The van der Waals surface area contributed by atoms with E-state index in [1.54, 1.807) is 16.6 Å². The first-order valence-electron chi connectivity index (χ1n) is 7.70. The van der Waals surface area contributed by atoms with Gasteiger partial charge in [0, 0.05) is 18.7 Å². The SMILES string of the molecule is O=C(O)C1CCN(c2nn3cc(-c4ccc(F)cc4)nc3s2)CC1. The maximum atomic E-state index is 13.0. The Morgan fingerprint density at radius 2 is 1.96 bits per heavy atom. The zero-order chi connectivity index (χ0) is 16.7. The predicted molar refractivity (Wildman–Crippen MR) is 88.8 cm³/mol. The summed E-state index contributed by atoms with van der Waals surface area (Å²) < 4.78 is 14.7. The molecule has 1 aromatic carbocycles. The fourth-order valence-corrected chi connectivity index (χ4v) is 3.83. The fraction of sp³-hybridized carbons (Fsp3) is 0.312. The molecule has 0 aliphatic carbocycles. The number of anilines is 1. The first-order valence-corrected chi connectivity index (χ1v) is 8.52. The standard InChI is InChI=1S/C16H15FN4O2S/c17-12-3-1-10(2-4-12)13-9-21-15(18-13)24-16(19-21)20-7-5-11(6-8-20)14(22)23/h1-4,9,11H,5-8H2,(H,22,23). The van der Waals surface area contributed by atoms with Crippen LogP contribution in [0.25, 0.3) is 16.2 Å². The quantitative estimate of drug-likeness (QED) is 0.790. The summed E-state index contributed by atoms with van der Waals surface area (Å²) in [6, 6.07) is 6.21. The molecule has 0 spiro atoms. The molecule has 1 saturated heterocycles. The molecule has 1 aliphatic rings. The second-order valence-electron chi connectivity index (χ2n) is 5.84. The van der Waals surface area contributed by atoms with Crippen molar-refractivity contribution in [2.75, 3.05) is 18.0 Å². The van der Waals surface area contributed by atoms with Crippen molar-refractivity contribution in [1.29, 1.82) is 0 Å². The number of hydrogen-bond acceptors (Lipinski definition) is 5. The van der Waals surface area contributed by atoms with Crippen LogP contribution in [0.1, 0.15) is 12.8 Å². The van der Waals surface area contributed by atoms with Crippen LogP contribution in [0.3, 0.4) is 0 Å². The van der Waals surface area contributed by atoms with E-state index in [0.29, 0.717) is 25.9 Å². The number of imidazole rings is 1. The van der Waals surface area contributed by atoms with Crippen molar-refractivity contribution in [2.45, 2.75) is 12.8 Å². The lowest BCUT2D eigenvalue weighted by Gasteiger charge is -2.29. The summed E-state index contributed by atoms with van der Waals surface area (Å²) in [5.41, 5.74) is 1.60. The average Bonchev–Trinajstić information content (AvgIpc) is 3.14. The van der Waals surface area contributed by atoms with Gasteiger partial charge in [0.15, 0.2) is 0 Å². The van der Waals surface area contributed by atoms with Crippen LogP contribution < -0.4 is 4.90 Å². The van der Waals surface area contributed by atoms with E-state index in [1.165, 1.54) is 23.5 Å². The van der Waals surface area contributed by atoms with Gasteiger partial charge in [0.25, 0.3) is 0 Å². The number of halogens is 1. The summed E-state index contributed by atoms with van der Waals surface area (Å²) in [6.07, 6.45) is 3.10. The predicted octanol–water partition coefficient (Wildman–Crippen LogP) is 2.90. The molecule has 0 saturated carbocycles. The van der Waals surface area contributed by atoms with Crippen molar-refractivity contribution in [3.05, 3.63) is 36.3 Å². The minimum absolute atomic E-state index is 0.254. The maximum Gasteiger partial charge on any atom is 0.306 e. The molecule has 0 unspecified atom stereocenters. The molecule has 124 valence electrons. The van der Waals surface area contributed by atoms with Crippen molar-refractivity contribution >= 4 is 27.4 Å². The summed E-state index contributed by atoms with van der Waals surface area (Å²) in [6.45, 7) is 1.39. The van der Waals surface area contributed by atoms with Crippen LogP contribution >= 0.6 is 11.3 Å². The van der Waals surface area contributed by atoms with E-state index in [2.05, 4.69) is 15.0 Å². The zero-order valence-electron chi connectivity index (χ0n) is 12.7. The summed E-state index contributed by atoms with van der Waals surface area (Å²) in [7, 11) is 0. The Labute approximate surface area is 141 Å².